The number of ether oxygens (including phenoxy) is 1. The van der Waals surface area contributed by atoms with Gasteiger partial charge in [0, 0.05) is 5.56 Å². The second-order valence-electron chi connectivity index (χ2n) is 3.40. The van der Waals surface area contributed by atoms with Gasteiger partial charge in [-0.2, -0.15) is 0 Å². The molecule has 0 fully saturated rings. The van der Waals surface area contributed by atoms with Gasteiger partial charge >= 0.3 is 0 Å². The normalized spacial score (nSPS) is 10.1. The molecule has 16 heavy (non-hydrogen) atoms. The molecular formula is C13H13NO2. The van der Waals surface area contributed by atoms with Gasteiger partial charge in [0.05, 0.1) is 25.1 Å². The van der Waals surface area contributed by atoms with Crippen LogP contribution in [-0.4, -0.2) is 17.2 Å². The van der Waals surface area contributed by atoms with Crippen LogP contribution < -0.4 is 4.74 Å². The third-order valence-corrected chi connectivity index (χ3v) is 2.33. The van der Waals surface area contributed by atoms with Crippen molar-refractivity contribution in [2.45, 2.75) is 6.61 Å². The van der Waals surface area contributed by atoms with Gasteiger partial charge in [-0.3, -0.25) is 4.98 Å². The predicted molar refractivity (Wildman–Crippen MR) is 62.1 cm³/mol. The van der Waals surface area contributed by atoms with Crippen molar-refractivity contribution >= 4 is 0 Å². The Kier molecular flexibility index (Phi) is 3.17. The Balaban J connectivity index is 2.41. The summed E-state index contributed by atoms with van der Waals surface area (Å²) in [4.78, 5) is 4.33. The zero-order valence-electron chi connectivity index (χ0n) is 9.05. The van der Waals surface area contributed by atoms with E-state index in [4.69, 9.17) is 9.84 Å². The summed E-state index contributed by atoms with van der Waals surface area (Å²) in [6.07, 6.45) is 0. The van der Waals surface area contributed by atoms with Crippen molar-refractivity contribution in [2.75, 3.05) is 7.11 Å². The summed E-state index contributed by atoms with van der Waals surface area (Å²) in [7, 11) is 1.64. The van der Waals surface area contributed by atoms with Gasteiger partial charge in [0.2, 0.25) is 0 Å². The van der Waals surface area contributed by atoms with Gasteiger partial charge in [0.1, 0.15) is 5.75 Å². The van der Waals surface area contributed by atoms with Crippen molar-refractivity contribution in [1.82, 2.24) is 4.98 Å². The number of methoxy groups -OCH3 is 1. The second kappa shape index (κ2) is 4.77. The molecule has 0 amide bonds. The highest BCUT2D eigenvalue weighted by molar-refractivity contribution is 5.61. The molecular weight excluding hydrogens is 202 g/mol. The molecule has 0 radical (unpaired) electrons. The maximum absolute atomic E-state index is 9.02. The van der Waals surface area contributed by atoms with Crippen LogP contribution in [0.15, 0.2) is 42.5 Å². The van der Waals surface area contributed by atoms with Gasteiger partial charge < -0.3 is 9.84 Å². The van der Waals surface area contributed by atoms with Crippen LogP contribution in [-0.2, 0) is 6.61 Å². The number of pyridine rings is 1. The molecule has 0 aliphatic carbocycles. The highest BCUT2D eigenvalue weighted by Gasteiger charge is 2.01. The average molecular weight is 215 g/mol. The molecule has 0 saturated heterocycles. The SMILES string of the molecule is COc1cccc(-c2cccc(CO)n2)c1. The van der Waals surface area contributed by atoms with E-state index in [1.807, 2.05) is 36.4 Å². The fourth-order valence-corrected chi connectivity index (χ4v) is 1.51. The van der Waals surface area contributed by atoms with Crippen LogP contribution in [0.5, 0.6) is 5.75 Å². The minimum Gasteiger partial charge on any atom is -0.497 e. The topological polar surface area (TPSA) is 42.4 Å². The van der Waals surface area contributed by atoms with Crippen molar-refractivity contribution in [3.8, 4) is 17.0 Å². The molecule has 0 bridgehead atoms. The van der Waals surface area contributed by atoms with Crippen molar-refractivity contribution in [2.24, 2.45) is 0 Å². The maximum Gasteiger partial charge on any atom is 0.119 e. The van der Waals surface area contributed by atoms with Gasteiger partial charge in [-0.25, -0.2) is 0 Å². The number of aliphatic hydroxyl groups is 1. The molecule has 82 valence electrons. The van der Waals surface area contributed by atoms with E-state index in [1.54, 1.807) is 13.2 Å². The molecule has 3 heteroatoms. The lowest BCUT2D eigenvalue weighted by molar-refractivity contribution is 0.277. The smallest absolute Gasteiger partial charge is 0.119 e. The molecule has 2 rings (SSSR count). The number of hydrogen-bond donors (Lipinski definition) is 1. The number of aromatic nitrogens is 1. The van der Waals surface area contributed by atoms with E-state index < -0.39 is 0 Å². The lowest BCUT2D eigenvalue weighted by Gasteiger charge is -2.05. The van der Waals surface area contributed by atoms with Gasteiger partial charge in [-0.1, -0.05) is 18.2 Å². The van der Waals surface area contributed by atoms with E-state index in [1.165, 1.54) is 0 Å². The Morgan fingerprint density at radius 3 is 2.75 bits per heavy atom. The summed E-state index contributed by atoms with van der Waals surface area (Å²) in [6.45, 7) is -0.0438. The first-order valence-electron chi connectivity index (χ1n) is 5.04. The monoisotopic (exact) mass is 215 g/mol. The van der Waals surface area contributed by atoms with E-state index in [-0.39, 0.29) is 6.61 Å². The van der Waals surface area contributed by atoms with Gasteiger partial charge in [0.25, 0.3) is 0 Å². The first-order valence-corrected chi connectivity index (χ1v) is 5.04. The van der Waals surface area contributed by atoms with Crippen LogP contribution in [0.25, 0.3) is 11.3 Å². The second-order valence-corrected chi connectivity index (χ2v) is 3.40. The number of benzene rings is 1. The van der Waals surface area contributed by atoms with Crippen molar-refractivity contribution in [1.29, 1.82) is 0 Å². The molecule has 1 N–H and O–H groups in total. The number of hydrogen-bond acceptors (Lipinski definition) is 3. The van der Waals surface area contributed by atoms with E-state index in [9.17, 15) is 0 Å². The van der Waals surface area contributed by atoms with Crippen molar-refractivity contribution in [3.63, 3.8) is 0 Å². The number of aliphatic hydroxyl groups excluding tert-OH is 1. The quantitative estimate of drug-likeness (QED) is 0.853. The Bertz CT molecular complexity index is 437. The molecule has 1 aromatic heterocycles. The molecule has 3 nitrogen and oxygen atoms in total. The third-order valence-electron chi connectivity index (χ3n) is 2.33. The largest absolute Gasteiger partial charge is 0.497 e. The first kappa shape index (κ1) is 10.6. The van der Waals surface area contributed by atoms with Crippen LogP contribution in [0.1, 0.15) is 5.69 Å². The van der Waals surface area contributed by atoms with Gasteiger partial charge in [-0.05, 0) is 24.3 Å². The first-order chi connectivity index (χ1) is 7.83. The van der Waals surface area contributed by atoms with Crippen LogP contribution >= 0.6 is 0 Å². The Labute approximate surface area is 94.3 Å². The zero-order chi connectivity index (χ0) is 11.4. The molecule has 0 atom stereocenters. The fourth-order valence-electron chi connectivity index (χ4n) is 1.51. The summed E-state index contributed by atoms with van der Waals surface area (Å²) >= 11 is 0. The molecule has 0 unspecified atom stereocenters. The highest BCUT2D eigenvalue weighted by Crippen LogP contribution is 2.22. The number of nitrogens with zero attached hydrogens (tertiary/aromatic N) is 1. The summed E-state index contributed by atoms with van der Waals surface area (Å²) < 4.78 is 5.16. The Morgan fingerprint density at radius 2 is 2.00 bits per heavy atom. The lowest BCUT2D eigenvalue weighted by Crippen LogP contribution is -1.91. The van der Waals surface area contributed by atoms with Gasteiger partial charge in [-0.15, -0.1) is 0 Å². The lowest BCUT2D eigenvalue weighted by atomic mass is 10.1. The summed E-state index contributed by atoms with van der Waals surface area (Å²) in [6, 6.07) is 13.3. The summed E-state index contributed by atoms with van der Waals surface area (Å²) in [5.41, 5.74) is 2.49. The Morgan fingerprint density at radius 1 is 1.19 bits per heavy atom. The van der Waals surface area contributed by atoms with E-state index in [0.29, 0.717) is 5.69 Å². The molecule has 1 aromatic carbocycles. The molecule has 0 aliphatic rings. The van der Waals surface area contributed by atoms with Crippen LogP contribution in [0.2, 0.25) is 0 Å². The highest BCUT2D eigenvalue weighted by atomic mass is 16.5. The van der Waals surface area contributed by atoms with Crippen molar-refractivity contribution < 1.29 is 9.84 Å². The molecule has 0 saturated carbocycles. The number of rotatable bonds is 3. The Hall–Kier alpha value is -1.87. The van der Waals surface area contributed by atoms with E-state index >= 15 is 0 Å². The third kappa shape index (κ3) is 2.20. The molecule has 0 spiro atoms. The fraction of sp³-hybridized carbons (Fsp3) is 0.154. The van der Waals surface area contributed by atoms with E-state index in [2.05, 4.69) is 4.98 Å². The minimum absolute atomic E-state index is 0.0438. The average Bonchev–Trinajstić information content (AvgIpc) is 2.39. The molecule has 1 heterocycles. The summed E-state index contributed by atoms with van der Waals surface area (Å²) in [5, 5.41) is 9.02. The van der Waals surface area contributed by atoms with E-state index in [0.717, 1.165) is 17.0 Å². The van der Waals surface area contributed by atoms with Crippen LogP contribution in [0.4, 0.5) is 0 Å². The predicted octanol–water partition coefficient (Wildman–Crippen LogP) is 2.25. The standard InChI is InChI=1S/C13H13NO2/c1-16-12-6-2-4-10(8-12)13-7-3-5-11(9-15)14-13/h2-8,15H,9H2,1H3. The van der Waals surface area contributed by atoms with Crippen LogP contribution in [0, 0.1) is 0 Å². The van der Waals surface area contributed by atoms with Crippen molar-refractivity contribution in [3.05, 3.63) is 48.2 Å². The van der Waals surface area contributed by atoms with Gasteiger partial charge in [0.15, 0.2) is 0 Å². The summed E-state index contributed by atoms with van der Waals surface area (Å²) in [5.74, 6) is 0.800. The van der Waals surface area contributed by atoms with Crippen LogP contribution in [0.3, 0.4) is 0 Å². The molecule has 0 aliphatic heterocycles. The maximum atomic E-state index is 9.02. The molecule has 2 aromatic rings. The zero-order valence-corrected chi connectivity index (χ0v) is 9.05. The minimum atomic E-state index is -0.0438.